The third-order valence-corrected chi connectivity index (χ3v) is 4.92. The Labute approximate surface area is 165 Å². The van der Waals surface area contributed by atoms with Crippen molar-refractivity contribution in [2.45, 2.75) is 25.6 Å². The molecule has 7 heteroatoms. The van der Waals surface area contributed by atoms with Gasteiger partial charge in [0.15, 0.2) is 5.96 Å². The summed E-state index contributed by atoms with van der Waals surface area (Å²) >= 11 is 0. The number of halogens is 1. The number of rotatable bonds is 6. The molecule has 1 saturated heterocycles. The van der Waals surface area contributed by atoms with Gasteiger partial charge in [0, 0.05) is 38.3 Å². The van der Waals surface area contributed by atoms with Crippen LogP contribution in [-0.4, -0.2) is 44.4 Å². The lowest BCUT2D eigenvalue weighted by Gasteiger charge is -2.22. The highest BCUT2D eigenvalue weighted by atomic mass is 19.1. The van der Waals surface area contributed by atoms with Gasteiger partial charge in [-0.25, -0.2) is 4.39 Å². The quantitative estimate of drug-likeness (QED) is 0.525. The number of anilines is 1. The van der Waals surface area contributed by atoms with Crippen molar-refractivity contribution >= 4 is 11.6 Å². The molecule has 1 fully saturated rings. The predicted octanol–water partition coefficient (Wildman–Crippen LogP) is 2.27. The molecule has 2 aromatic carbocycles. The first-order chi connectivity index (χ1) is 13.6. The van der Waals surface area contributed by atoms with Gasteiger partial charge < -0.3 is 25.4 Å². The summed E-state index contributed by atoms with van der Waals surface area (Å²) in [4.78, 5) is 6.59. The fraction of sp³-hybridized carbons (Fsp3) is 0.381. The summed E-state index contributed by atoms with van der Waals surface area (Å²) in [5, 5.41) is 15.9. The second-order valence-corrected chi connectivity index (χ2v) is 6.76. The van der Waals surface area contributed by atoms with Crippen LogP contribution < -0.4 is 20.3 Å². The van der Waals surface area contributed by atoms with Gasteiger partial charge in [-0.3, -0.25) is 4.99 Å². The largest absolute Gasteiger partial charge is 0.495 e. The molecule has 2 aromatic rings. The van der Waals surface area contributed by atoms with Crippen molar-refractivity contribution in [2.75, 3.05) is 32.1 Å². The molecule has 0 amide bonds. The van der Waals surface area contributed by atoms with Gasteiger partial charge in [-0.15, -0.1) is 0 Å². The molecule has 3 N–H and O–H groups in total. The Balaban J connectivity index is 1.56. The summed E-state index contributed by atoms with van der Waals surface area (Å²) in [5.74, 6) is 1.18. The molecule has 0 spiro atoms. The number of nitrogens with zero attached hydrogens (tertiary/aromatic N) is 2. The summed E-state index contributed by atoms with van der Waals surface area (Å²) in [5.41, 5.74) is 2.28. The van der Waals surface area contributed by atoms with Crippen molar-refractivity contribution in [3.63, 3.8) is 0 Å². The molecular weight excluding hydrogens is 359 g/mol. The zero-order valence-electron chi connectivity index (χ0n) is 16.3. The van der Waals surface area contributed by atoms with Gasteiger partial charge in [-0.1, -0.05) is 18.2 Å². The standard InChI is InChI=1S/C21H27FN4O2/c1-23-21(24-12-15-7-8-18(22)16(11-15)14-27)25-17-9-10-26(13-17)19-5-3-4-6-20(19)28-2/h3-8,11,17,27H,9-10,12-14H2,1-2H3,(H2,23,24,25). The van der Waals surface area contributed by atoms with Gasteiger partial charge in [0.2, 0.25) is 0 Å². The van der Waals surface area contributed by atoms with E-state index in [0.717, 1.165) is 36.5 Å². The van der Waals surface area contributed by atoms with E-state index in [0.29, 0.717) is 18.1 Å². The Kier molecular flexibility index (Phi) is 6.71. The van der Waals surface area contributed by atoms with Gasteiger partial charge in [-0.2, -0.15) is 0 Å². The molecule has 0 bridgehead atoms. The fourth-order valence-electron chi connectivity index (χ4n) is 3.42. The number of aliphatic imine (C=N–C) groups is 1. The van der Waals surface area contributed by atoms with E-state index in [2.05, 4.69) is 26.6 Å². The summed E-state index contributed by atoms with van der Waals surface area (Å²) in [6.07, 6.45) is 0.990. The van der Waals surface area contributed by atoms with Crippen molar-refractivity contribution in [3.8, 4) is 5.75 Å². The van der Waals surface area contributed by atoms with E-state index < -0.39 is 5.82 Å². The number of ether oxygens (including phenoxy) is 1. The maximum absolute atomic E-state index is 13.5. The van der Waals surface area contributed by atoms with Gasteiger partial charge in [0.05, 0.1) is 19.4 Å². The zero-order valence-corrected chi connectivity index (χ0v) is 16.3. The van der Waals surface area contributed by atoms with E-state index in [4.69, 9.17) is 4.74 Å². The average molecular weight is 386 g/mol. The van der Waals surface area contributed by atoms with Gasteiger partial charge >= 0.3 is 0 Å². The number of nitrogens with one attached hydrogen (secondary N) is 2. The topological polar surface area (TPSA) is 69.1 Å². The Morgan fingerprint density at radius 2 is 2.14 bits per heavy atom. The molecule has 3 rings (SSSR count). The first-order valence-electron chi connectivity index (χ1n) is 9.38. The van der Waals surface area contributed by atoms with Crippen molar-refractivity contribution in [3.05, 3.63) is 59.4 Å². The third kappa shape index (κ3) is 4.72. The average Bonchev–Trinajstić information content (AvgIpc) is 3.20. The number of hydrogen-bond acceptors (Lipinski definition) is 4. The third-order valence-electron chi connectivity index (χ3n) is 4.92. The number of benzene rings is 2. The Morgan fingerprint density at radius 3 is 2.89 bits per heavy atom. The van der Waals surface area contributed by atoms with Crippen LogP contribution in [0, 0.1) is 5.82 Å². The van der Waals surface area contributed by atoms with Crippen molar-refractivity contribution in [2.24, 2.45) is 4.99 Å². The van der Waals surface area contributed by atoms with Crippen LogP contribution in [0.5, 0.6) is 5.75 Å². The lowest BCUT2D eigenvalue weighted by Crippen LogP contribution is -2.44. The minimum Gasteiger partial charge on any atom is -0.495 e. The highest BCUT2D eigenvalue weighted by Gasteiger charge is 2.25. The maximum atomic E-state index is 13.5. The molecule has 6 nitrogen and oxygen atoms in total. The Morgan fingerprint density at radius 1 is 1.32 bits per heavy atom. The van der Waals surface area contributed by atoms with Crippen molar-refractivity contribution < 1.29 is 14.2 Å². The number of hydrogen-bond donors (Lipinski definition) is 3. The minimum atomic E-state index is -0.392. The molecular formula is C21H27FN4O2. The Hall–Kier alpha value is -2.80. The number of aliphatic hydroxyl groups is 1. The molecule has 0 aliphatic carbocycles. The highest BCUT2D eigenvalue weighted by Crippen LogP contribution is 2.30. The van der Waals surface area contributed by atoms with E-state index in [-0.39, 0.29) is 12.6 Å². The van der Waals surface area contributed by atoms with Crippen LogP contribution in [0.15, 0.2) is 47.5 Å². The van der Waals surface area contributed by atoms with Crippen LogP contribution in [-0.2, 0) is 13.2 Å². The van der Waals surface area contributed by atoms with Crippen LogP contribution in [0.2, 0.25) is 0 Å². The predicted molar refractivity (Wildman–Crippen MR) is 109 cm³/mol. The molecule has 28 heavy (non-hydrogen) atoms. The number of methoxy groups -OCH3 is 1. The first-order valence-corrected chi connectivity index (χ1v) is 9.38. The van der Waals surface area contributed by atoms with E-state index in [1.165, 1.54) is 6.07 Å². The van der Waals surface area contributed by atoms with Gasteiger partial charge in [0.1, 0.15) is 11.6 Å². The molecule has 1 aliphatic rings. The van der Waals surface area contributed by atoms with E-state index in [1.807, 2.05) is 18.2 Å². The number of aliphatic hydroxyl groups excluding tert-OH is 1. The molecule has 0 aromatic heterocycles. The molecule has 0 saturated carbocycles. The second-order valence-electron chi connectivity index (χ2n) is 6.76. The second kappa shape index (κ2) is 9.41. The van der Waals surface area contributed by atoms with E-state index in [1.54, 1.807) is 26.3 Å². The normalized spacial score (nSPS) is 16.9. The van der Waals surface area contributed by atoms with E-state index in [9.17, 15) is 9.50 Å². The molecule has 1 aliphatic heterocycles. The molecule has 1 unspecified atom stereocenters. The van der Waals surface area contributed by atoms with Gasteiger partial charge in [0.25, 0.3) is 0 Å². The molecule has 1 atom stereocenters. The first kappa shape index (κ1) is 19.9. The zero-order chi connectivity index (χ0) is 19.9. The van der Waals surface area contributed by atoms with Crippen LogP contribution in [0.4, 0.5) is 10.1 Å². The lowest BCUT2D eigenvalue weighted by atomic mass is 10.1. The summed E-state index contributed by atoms with van der Waals surface area (Å²) < 4.78 is 19.0. The lowest BCUT2D eigenvalue weighted by molar-refractivity contribution is 0.275. The molecule has 1 heterocycles. The smallest absolute Gasteiger partial charge is 0.191 e. The monoisotopic (exact) mass is 386 g/mol. The van der Waals surface area contributed by atoms with E-state index >= 15 is 0 Å². The SMILES string of the molecule is CN=C(NCc1ccc(F)c(CO)c1)NC1CCN(c2ccccc2OC)C1. The summed E-state index contributed by atoms with van der Waals surface area (Å²) in [7, 11) is 3.42. The van der Waals surface area contributed by atoms with Crippen LogP contribution in [0.1, 0.15) is 17.5 Å². The van der Waals surface area contributed by atoms with Gasteiger partial charge in [-0.05, 0) is 36.2 Å². The number of para-hydroxylation sites is 2. The maximum Gasteiger partial charge on any atom is 0.191 e. The fourth-order valence-corrected chi connectivity index (χ4v) is 3.42. The van der Waals surface area contributed by atoms with Crippen LogP contribution in [0.3, 0.4) is 0 Å². The number of guanidine groups is 1. The van der Waals surface area contributed by atoms with Crippen LogP contribution in [0.25, 0.3) is 0 Å². The Bertz CT molecular complexity index is 828. The summed E-state index contributed by atoms with van der Waals surface area (Å²) in [6.45, 7) is 1.97. The highest BCUT2D eigenvalue weighted by molar-refractivity contribution is 5.80. The molecule has 0 radical (unpaired) electrons. The van der Waals surface area contributed by atoms with Crippen molar-refractivity contribution in [1.82, 2.24) is 10.6 Å². The minimum absolute atomic E-state index is 0.261. The molecule has 150 valence electrons. The van der Waals surface area contributed by atoms with Crippen molar-refractivity contribution in [1.29, 1.82) is 0 Å². The van der Waals surface area contributed by atoms with Crippen LogP contribution >= 0.6 is 0 Å². The summed E-state index contributed by atoms with van der Waals surface area (Å²) in [6, 6.07) is 13.0.